The van der Waals surface area contributed by atoms with E-state index >= 15 is 0 Å². The van der Waals surface area contributed by atoms with Crippen LogP contribution >= 0.6 is 22.9 Å². The van der Waals surface area contributed by atoms with Crippen molar-refractivity contribution < 1.29 is 13.2 Å². The van der Waals surface area contributed by atoms with Crippen molar-refractivity contribution in [2.75, 3.05) is 19.6 Å². The van der Waals surface area contributed by atoms with Crippen molar-refractivity contribution in [3.8, 4) is 0 Å². The number of amides is 1. The summed E-state index contributed by atoms with van der Waals surface area (Å²) >= 11 is 7.34. The van der Waals surface area contributed by atoms with Gasteiger partial charge in [-0.05, 0) is 48.0 Å². The monoisotopic (exact) mass is 568 g/mol. The minimum Gasteiger partial charge on any atom is -0.330 e. The fourth-order valence-corrected chi connectivity index (χ4v) is 7.18. The van der Waals surface area contributed by atoms with Crippen molar-refractivity contribution in [3.63, 3.8) is 0 Å². The molecular formula is C24H21ClN8O3S2. The van der Waals surface area contributed by atoms with Crippen LogP contribution in [-0.4, -0.2) is 79.8 Å². The molecule has 2 aromatic carbocycles. The van der Waals surface area contributed by atoms with Crippen LogP contribution < -0.4 is 0 Å². The number of H-pyrrole nitrogens is 1. The summed E-state index contributed by atoms with van der Waals surface area (Å²) in [5.41, 5.74) is 1.52. The number of nitrogens with one attached hydrogen (secondary N) is 1. The van der Waals surface area contributed by atoms with Gasteiger partial charge in [0.15, 0.2) is 10.8 Å². The fraction of sp³-hybridized carbons (Fsp3) is 0.250. The van der Waals surface area contributed by atoms with Gasteiger partial charge in [0.1, 0.15) is 0 Å². The number of hydrogen-bond acceptors (Lipinski definition) is 9. The summed E-state index contributed by atoms with van der Waals surface area (Å²) in [6.07, 6.45) is 1.94. The Morgan fingerprint density at radius 2 is 1.97 bits per heavy atom. The number of pyridine rings is 1. The number of sulfonamides is 1. The zero-order valence-corrected chi connectivity index (χ0v) is 22.5. The quantitative estimate of drug-likeness (QED) is 0.341. The largest absolute Gasteiger partial charge is 0.330 e. The Morgan fingerprint density at radius 3 is 2.79 bits per heavy atom. The molecule has 0 spiro atoms. The van der Waals surface area contributed by atoms with Crippen LogP contribution in [0.25, 0.3) is 21.0 Å². The molecule has 0 bridgehead atoms. The zero-order chi connectivity index (χ0) is 26.4. The number of fused-ring (bicyclic) bond motifs is 2. The van der Waals surface area contributed by atoms with Crippen molar-refractivity contribution in [2.24, 2.45) is 0 Å². The summed E-state index contributed by atoms with van der Waals surface area (Å²) in [5, 5.41) is 16.6. The third-order valence-electron chi connectivity index (χ3n) is 6.52. The maximum absolute atomic E-state index is 13.7. The van der Waals surface area contributed by atoms with E-state index in [1.54, 1.807) is 47.5 Å². The van der Waals surface area contributed by atoms with Crippen molar-refractivity contribution in [1.29, 1.82) is 0 Å². The van der Waals surface area contributed by atoms with Gasteiger partial charge in [-0.15, -0.1) is 21.5 Å². The molecule has 14 heteroatoms. The van der Waals surface area contributed by atoms with Crippen molar-refractivity contribution >= 4 is 59.9 Å². The molecule has 1 amide bonds. The van der Waals surface area contributed by atoms with Crippen LogP contribution in [0.4, 0.5) is 0 Å². The number of benzene rings is 2. The Balaban J connectivity index is 1.30. The predicted molar refractivity (Wildman–Crippen MR) is 143 cm³/mol. The first-order chi connectivity index (χ1) is 18.3. The summed E-state index contributed by atoms with van der Waals surface area (Å²) in [7, 11) is -3.84. The van der Waals surface area contributed by atoms with Crippen LogP contribution in [0.3, 0.4) is 0 Å². The van der Waals surface area contributed by atoms with E-state index in [4.69, 9.17) is 11.6 Å². The van der Waals surface area contributed by atoms with E-state index in [2.05, 4.69) is 30.6 Å². The summed E-state index contributed by atoms with van der Waals surface area (Å²) in [5.74, 6) is 0.121. The molecule has 0 aliphatic carbocycles. The lowest BCUT2D eigenvalue weighted by molar-refractivity contribution is 0.0562. The van der Waals surface area contributed by atoms with Gasteiger partial charge >= 0.3 is 0 Å². The zero-order valence-electron chi connectivity index (χ0n) is 20.1. The summed E-state index contributed by atoms with van der Waals surface area (Å²) in [4.78, 5) is 24.3. The molecule has 1 aliphatic heterocycles. The van der Waals surface area contributed by atoms with Crippen LogP contribution in [0.5, 0.6) is 0 Å². The van der Waals surface area contributed by atoms with Crippen LogP contribution in [0, 0.1) is 6.92 Å². The van der Waals surface area contributed by atoms with Crippen LogP contribution in [-0.2, 0) is 16.4 Å². The maximum atomic E-state index is 13.7. The van der Waals surface area contributed by atoms with E-state index in [9.17, 15) is 13.2 Å². The molecule has 1 atom stereocenters. The molecule has 1 aliphatic rings. The third-order valence-corrected chi connectivity index (χ3v) is 9.61. The van der Waals surface area contributed by atoms with Crippen molar-refractivity contribution in [3.05, 3.63) is 70.2 Å². The molecule has 5 aromatic rings. The second-order valence-corrected chi connectivity index (χ2v) is 12.4. The van der Waals surface area contributed by atoms with E-state index in [0.717, 1.165) is 21.2 Å². The molecule has 38 heavy (non-hydrogen) atoms. The average Bonchev–Trinajstić information content (AvgIpc) is 3.57. The Hall–Kier alpha value is -3.52. The molecule has 0 saturated carbocycles. The topological polar surface area (TPSA) is 138 Å². The lowest BCUT2D eigenvalue weighted by Gasteiger charge is -2.40. The van der Waals surface area contributed by atoms with Crippen LogP contribution in [0.15, 0.2) is 53.6 Å². The lowest BCUT2D eigenvalue weighted by atomic mass is 10.1. The Morgan fingerprint density at radius 1 is 1.16 bits per heavy atom. The minimum absolute atomic E-state index is 0.0762. The number of nitrogens with zero attached hydrogens (tertiary/aromatic N) is 7. The molecule has 1 N–H and O–H groups in total. The third kappa shape index (κ3) is 4.62. The highest BCUT2D eigenvalue weighted by Gasteiger charge is 2.38. The Labute approximate surface area is 226 Å². The van der Waals surface area contributed by atoms with Gasteiger partial charge in [-0.1, -0.05) is 28.9 Å². The molecule has 1 saturated heterocycles. The first kappa shape index (κ1) is 24.8. The fourth-order valence-electron chi connectivity index (χ4n) is 4.62. The molecular weight excluding hydrogens is 548 g/mol. The normalized spacial score (nSPS) is 16.9. The van der Waals surface area contributed by atoms with E-state index in [1.807, 2.05) is 13.0 Å². The molecule has 11 nitrogen and oxygen atoms in total. The second-order valence-electron chi connectivity index (χ2n) is 9.01. The van der Waals surface area contributed by atoms with Gasteiger partial charge in [0.2, 0.25) is 10.0 Å². The highest BCUT2D eigenvalue weighted by molar-refractivity contribution is 7.89. The summed E-state index contributed by atoms with van der Waals surface area (Å²) in [6.45, 7) is 2.27. The first-order valence-corrected chi connectivity index (χ1v) is 14.4. The first-order valence-electron chi connectivity index (χ1n) is 11.7. The van der Waals surface area contributed by atoms with Gasteiger partial charge in [-0.2, -0.15) is 9.52 Å². The lowest BCUT2D eigenvalue weighted by Crippen LogP contribution is -2.57. The highest BCUT2D eigenvalue weighted by Crippen LogP contribution is 2.28. The van der Waals surface area contributed by atoms with Gasteiger partial charge in [0.25, 0.3) is 5.91 Å². The van der Waals surface area contributed by atoms with Crippen LogP contribution in [0.2, 0.25) is 5.02 Å². The molecule has 6 rings (SSSR count). The number of piperazine rings is 1. The average molecular weight is 569 g/mol. The van der Waals surface area contributed by atoms with E-state index in [-0.39, 0.29) is 36.9 Å². The maximum Gasteiger partial charge on any atom is 0.283 e. The predicted octanol–water partition coefficient (Wildman–Crippen LogP) is 3.08. The van der Waals surface area contributed by atoms with Crippen molar-refractivity contribution in [1.82, 2.24) is 39.8 Å². The van der Waals surface area contributed by atoms with Gasteiger partial charge in [-0.25, -0.2) is 13.4 Å². The molecule has 1 fully saturated rings. The smallest absolute Gasteiger partial charge is 0.283 e. The number of aryl methyl sites for hydroxylation is 1. The standard InChI is InChI=1S/C24H21ClN8O3S2/c1-14-8-20-21(12-26-14)37-23(27-20)24(34)33-7-6-32(13-18(33)11-22-28-30-31-29-22)38(35,36)19-5-3-15-9-17(25)4-2-16(15)10-19/h2-5,8-10,12,18H,6-7,11,13H2,1H3,(H,28,29,30,31). The van der Waals surface area contributed by atoms with E-state index in [1.165, 1.54) is 15.6 Å². The molecule has 194 valence electrons. The number of carbonyl (C=O) groups is 1. The summed E-state index contributed by atoms with van der Waals surface area (Å²) in [6, 6.07) is 11.6. The highest BCUT2D eigenvalue weighted by atomic mass is 35.5. The number of halogens is 1. The number of thiazole rings is 1. The number of hydrogen-bond donors (Lipinski definition) is 1. The van der Waals surface area contributed by atoms with Gasteiger partial charge in [0, 0.05) is 43.0 Å². The van der Waals surface area contributed by atoms with E-state index < -0.39 is 16.1 Å². The molecule has 3 aromatic heterocycles. The number of rotatable bonds is 5. The Bertz CT molecular complexity index is 1770. The second kappa shape index (κ2) is 9.66. The number of aromatic nitrogens is 6. The number of aromatic amines is 1. The van der Waals surface area contributed by atoms with E-state index in [0.29, 0.717) is 21.4 Å². The minimum atomic E-state index is -3.84. The molecule has 0 radical (unpaired) electrons. The van der Waals surface area contributed by atoms with Gasteiger partial charge < -0.3 is 4.90 Å². The SMILES string of the molecule is Cc1cc2nc(C(=O)N3CCN(S(=O)(=O)c4ccc5cc(Cl)ccc5c4)CC3Cc3nn[nH]n3)sc2cn1. The number of carbonyl (C=O) groups excluding carboxylic acids is 1. The van der Waals surface area contributed by atoms with Gasteiger partial charge in [-0.3, -0.25) is 9.78 Å². The molecule has 4 heterocycles. The molecule has 1 unspecified atom stereocenters. The van der Waals surface area contributed by atoms with Gasteiger partial charge in [0.05, 0.1) is 21.2 Å². The Kier molecular flexibility index (Phi) is 6.30. The van der Waals surface area contributed by atoms with Crippen molar-refractivity contribution in [2.45, 2.75) is 24.3 Å². The number of tetrazole rings is 1. The van der Waals surface area contributed by atoms with Crippen LogP contribution in [0.1, 0.15) is 21.3 Å². The summed E-state index contributed by atoms with van der Waals surface area (Å²) < 4.78 is 29.6.